The molecule has 0 aliphatic heterocycles. The third-order valence-corrected chi connectivity index (χ3v) is 8.15. The van der Waals surface area contributed by atoms with E-state index in [1.165, 1.54) is 6.07 Å². The summed E-state index contributed by atoms with van der Waals surface area (Å²) in [7, 11) is -2.24. The van der Waals surface area contributed by atoms with E-state index in [4.69, 9.17) is 4.74 Å². The number of nitrogens with one attached hydrogen (secondary N) is 2. The molecule has 1 amide bonds. The Hall–Kier alpha value is -3.32. The molecule has 3 aromatic rings. The molecule has 3 rings (SSSR count). The number of sulfonamides is 1. The lowest BCUT2D eigenvalue weighted by Crippen LogP contribution is -2.27. The van der Waals surface area contributed by atoms with Crippen molar-refractivity contribution in [3.05, 3.63) is 87.5 Å². The van der Waals surface area contributed by atoms with Crippen molar-refractivity contribution in [1.82, 2.24) is 5.32 Å². The number of hydrogen-bond donors (Lipinski definition) is 2. The summed E-state index contributed by atoms with van der Waals surface area (Å²) >= 11 is 0. The van der Waals surface area contributed by atoms with E-state index in [0.717, 1.165) is 33.6 Å². The Bertz CT molecular complexity index is 1390. The predicted octanol–water partition coefficient (Wildman–Crippen LogP) is 6.34. The number of benzene rings is 3. The zero-order valence-corrected chi connectivity index (χ0v) is 23.1. The van der Waals surface area contributed by atoms with Gasteiger partial charge in [-0.2, -0.15) is 0 Å². The molecule has 0 aliphatic rings. The Morgan fingerprint density at radius 1 is 0.861 bits per heavy atom. The van der Waals surface area contributed by atoms with E-state index in [1.807, 2.05) is 45.9 Å². The van der Waals surface area contributed by atoms with Crippen LogP contribution in [0.2, 0.25) is 0 Å². The highest BCUT2D eigenvalue weighted by molar-refractivity contribution is 7.92. The maximum absolute atomic E-state index is 13.3. The average molecular weight is 509 g/mol. The molecule has 3 aromatic carbocycles. The number of amides is 1. The number of aryl methyl sites for hydroxylation is 3. The molecular formula is C29H36N2O4S. The van der Waals surface area contributed by atoms with Crippen LogP contribution in [0.25, 0.3) is 0 Å². The van der Waals surface area contributed by atoms with Crippen molar-refractivity contribution in [2.45, 2.75) is 65.3 Å². The lowest BCUT2D eigenvalue weighted by Gasteiger charge is -2.21. The summed E-state index contributed by atoms with van der Waals surface area (Å²) in [5, 5.41) is 3.03. The lowest BCUT2D eigenvalue weighted by atomic mass is 9.93. The fourth-order valence-corrected chi connectivity index (χ4v) is 5.65. The van der Waals surface area contributed by atoms with Crippen LogP contribution in [0.15, 0.2) is 53.4 Å². The standard InChI is InChI=1S/C29H36N2O4S/c1-17(2)24-16-25(20(5)14-27(24)35-8)22(7)30-29(32)23-13-12-19(4)28(15-23)36(33,34)31-26-11-9-10-18(3)21(26)6/h9-17,22,31H,1-8H3,(H,30,32)/t22-/m0/s1. The molecule has 36 heavy (non-hydrogen) atoms. The summed E-state index contributed by atoms with van der Waals surface area (Å²) in [6, 6.07) is 14.0. The Balaban J connectivity index is 1.89. The second-order valence-electron chi connectivity index (χ2n) is 9.63. The highest BCUT2D eigenvalue weighted by atomic mass is 32.2. The largest absolute Gasteiger partial charge is 0.496 e. The van der Waals surface area contributed by atoms with Gasteiger partial charge < -0.3 is 10.1 Å². The summed E-state index contributed by atoms with van der Waals surface area (Å²) in [6.07, 6.45) is 0. The number of rotatable bonds is 8. The normalized spacial score (nSPS) is 12.4. The van der Waals surface area contributed by atoms with Crippen LogP contribution < -0.4 is 14.8 Å². The molecule has 6 nitrogen and oxygen atoms in total. The second kappa shape index (κ2) is 10.7. The van der Waals surface area contributed by atoms with Gasteiger partial charge in [0.2, 0.25) is 0 Å². The molecule has 0 radical (unpaired) electrons. The van der Waals surface area contributed by atoms with Gasteiger partial charge in [-0.1, -0.05) is 32.0 Å². The van der Waals surface area contributed by atoms with Gasteiger partial charge in [0, 0.05) is 5.56 Å². The van der Waals surface area contributed by atoms with E-state index in [1.54, 1.807) is 32.2 Å². The van der Waals surface area contributed by atoms with Crippen LogP contribution in [-0.4, -0.2) is 21.4 Å². The average Bonchev–Trinajstić information content (AvgIpc) is 2.81. The van der Waals surface area contributed by atoms with Crippen molar-refractivity contribution in [1.29, 1.82) is 0 Å². The zero-order valence-electron chi connectivity index (χ0n) is 22.3. The monoisotopic (exact) mass is 508 g/mol. The molecule has 0 bridgehead atoms. The molecule has 0 aromatic heterocycles. The van der Waals surface area contributed by atoms with Gasteiger partial charge >= 0.3 is 0 Å². The molecule has 0 spiro atoms. The van der Waals surface area contributed by atoms with Crippen molar-refractivity contribution >= 4 is 21.6 Å². The number of anilines is 1. The van der Waals surface area contributed by atoms with Crippen molar-refractivity contribution in [2.75, 3.05) is 11.8 Å². The van der Waals surface area contributed by atoms with Crippen molar-refractivity contribution in [3.63, 3.8) is 0 Å². The Kier molecular flexibility index (Phi) is 8.14. The molecule has 0 saturated heterocycles. The van der Waals surface area contributed by atoms with Crippen LogP contribution in [0, 0.1) is 27.7 Å². The SMILES string of the molecule is COc1cc(C)c([C@H](C)NC(=O)c2ccc(C)c(S(=O)(=O)Nc3cccc(C)c3C)c2)cc1C(C)C. The van der Waals surface area contributed by atoms with Gasteiger partial charge in [-0.25, -0.2) is 8.42 Å². The van der Waals surface area contributed by atoms with Gasteiger partial charge in [-0.05, 0) is 104 Å². The van der Waals surface area contributed by atoms with Crippen molar-refractivity contribution < 1.29 is 17.9 Å². The molecule has 192 valence electrons. The molecule has 0 aliphatic carbocycles. The predicted molar refractivity (Wildman–Crippen MR) is 146 cm³/mol. The van der Waals surface area contributed by atoms with Gasteiger partial charge in [0.15, 0.2) is 0 Å². The van der Waals surface area contributed by atoms with Gasteiger partial charge in [0.05, 0.1) is 23.7 Å². The molecule has 7 heteroatoms. The molecule has 0 saturated carbocycles. The third-order valence-electron chi connectivity index (χ3n) is 6.64. The minimum Gasteiger partial charge on any atom is -0.496 e. The number of hydrogen-bond acceptors (Lipinski definition) is 4. The van der Waals surface area contributed by atoms with E-state index >= 15 is 0 Å². The van der Waals surface area contributed by atoms with Crippen molar-refractivity contribution in [2.24, 2.45) is 0 Å². The first-order chi connectivity index (χ1) is 16.9. The first-order valence-electron chi connectivity index (χ1n) is 12.0. The fourth-order valence-electron chi connectivity index (χ4n) is 4.26. The maximum Gasteiger partial charge on any atom is 0.262 e. The Labute approximate surface area is 215 Å². The van der Waals surface area contributed by atoms with Crippen LogP contribution in [0.3, 0.4) is 0 Å². The van der Waals surface area contributed by atoms with E-state index in [9.17, 15) is 13.2 Å². The third kappa shape index (κ3) is 5.73. The molecule has 1 atom stereocenters. The van der Waals surface area contributed by atoms with Gasteiger partial charge in [0.1, 0.15) is 5.75 Å². The number of methoxy groups -OCH3 is 1. The maximum atomic E-state index is 13.3. The van der Waals surface area contributed by atoms with E-state index in [2.05, 4.69) is 30.0 Å². The Morgan fingerprint density at radius 3 is 2.19 bits per heavy atom. The van der Waals surface area contributed by atoms with Crippen LogP contribution >= 0.6 is 0 Å². The molecule has 0 unspecified atom stereocenters. The fraction of sp³-hybridized carbons (Fsp3) is 0.345. The lowest BCUT2D eigenvalue weighted by molar-refractivity contribution is 0.0939. The molecule has 0 fully saturated rings. The summed E-state index contributed by atoms with van der Waals surface area (Å²) in [5.74, 6) is 0.748. The first-order valence-corrected chi connectivity index (χ1v) is 13.5. The quantitative estimate of drug-likeness (QED) is 0.372. The minimum atomic E-state index is -3.89. The summed E-state index contributed by atoms with van der Waals surface area (Å²) in [4.78, 5) is 13.3. The van der Waals surface area contributed by atoms with Crippen LogP contribution in [0.5, 0.6) is 5.75 Å². The van der Waals surface area contributed by atoms with Crippen LogP contribution in [-0.2, 0) is 10.0 Å². The molecular weight excluding hydrogens is 472 g/mol. The zero-order chi connectivity index (χ0) is 26.8. The second-order valence-corrected chi connectivity index (χ2v) is 11.3. The molecule has 2 N–H and O–H groups in total. The topological polar surface area (TPSA) is 84.5 Å². The van der Waals surface area contributed by atoms with Gasteiger partial charge in [0.25, 0.3) is 15.9 Å². The number of carbonyl (C=O) groups is 1. The summed E-state index contributed by atoms with van der Waals surface area (Å²) in [5.41, 5.74) is 6.28. The summed E-state index contributed by atoms with van der Waals surface area (Å²) < 4.78 is 34.7. The summed E-state index contributed by atoms with van der Waals surface area (Å²) in [6.45, 7) is 13.6. The Morgan fingerprint density at radius 2 is 1.56 bits per heavy atom. The highest BCUT2D eigenvalue weighted by Gasteiger charge is 2.22. The van der Waals surface area contributed by atoms with E-state index in [-0.39, 0.29) is 28.3 Å². The van der Waals surface area contributed by atoms with Crippen molar-refractivity contribution in [3.8, 4) is 5.75 Å². The van der Waals surface area contributed by atoms with E-state index < -0.39 is 10.0 Å². The highest BCUT2D eigenvalue weighted by Crippen LogP contribution is 2.32. The molecule has 0 heterocycles. The minimum absolute atomic E-state index is 0.0754. The number of ether oxygens (including phenoxy) is 1. The smallest absolute Gasteiger partial charge is 0.262 e. The van der Waals surface area contributed by atoms with E-state index in [0.29, 0.717) is 11.3 Å². The first kappa shape index (κ1) is 27.3. The van der Waals surface area contributed by atoms with Gasteiger partial charge in [-0.3, -0.25) is 9.52 Å². The van der Waals surface area contributed by atoms with Gasteiger partial charge in [-0.15, -0.1) is 0 Å². The van der Waals surface area contributed by atoms with Crippen LogP contribution in [0.4, 0.5) is 5.69 Å². The van der Waals surface area contributed by atoms with Crippen LogP contribution in [0.1, 0.15) is 76.5 Å². The number of carbonyl (C=O) groups excluding carboxylic acids is 1.